The number of rotatable bonds is 4. The highest BCUT2D eigenvalue weighted by Gasteiger charge is 2.22. The van der Waals surface area contributed by atoms with Gasteiger partial charge in [-0.25, -0.2) is 4.79 Å². The van der Waals surface area contributed by atoms with Crippen molar-refractivity contribution in [3.05, 3.63) is 60.7 Å². The fourth-order valence-corrected chi connectivity index (χ4v) is 3.39. The molecule has 0 saturated carbocycles. The van der Waals surface area contributed by atoms with E-state index in [1.54, 1.807) is 7.11 Å². The third kappa shape index (κ3) is 3.78. The number of methoxy groups -OCH3 is 1. The van der Waals surface area contributed by atoms with Crippen LogP contribution in [0, 0.1) is 0 Å². The van der Waals surface area contributed by atoms with E-state index >= 15 is 0 Å². The molecule has 0 radical (unpaired) electrons. The Bertz CT molecular complexity index is 933. The molecule has 7 nitrogen and oxygen atoms in total. The summed E-state index contributed by atoms with van der Waals surface area (Å²) in [6, 6.07) is 19.6. The summed E-state index contributed by atoms with van der Waals surface area (Å²) < 4.78 is 5.38. The molecule has 0 spiro atoms. The first-order chi connectivity index (χ1) is 13.7. The average Bonchev–Trinajstić information content (AvgIpc) is 3.22. The van der Waals surface area contributed by atoms with Gasteiger partial charge in [0, 0.05) is 43.5 Å². The summed E-state index contributed by atoms with van der Waals surface area (Å²) in [5, 5.41) is 10.1. The Morgan fingerprint density at radius 2 is 1.75 bits per heavy atom. The number of anilines is 2. The number of nitrogens with zero attached hydrogens (tertiary/aromatic N) is 3. The molecule has 0 bridgehead atoms. The zero-order valence-corrected chi connectivity index (χ0v) is 15.8. The number of carbonyl (C=O) groups is 1. The summed E-state index contributed by atoms with van der Waals surface area (Å²) >= 11 is 0. The van der Waals surface area contributed by atoms with Crippen molar-refractivity contribution in [1.29, 1.82) is 0 Å². The normalized spacial score (nSPS) is 14.0. The molecular formula is C21H23N5O2. The zero-order valence-electron chi connectivity index (χ0n) is 15.8. The fourth-order valence-electron chi connectivity index (χ4n) is 3.39. The second-order valence-corrected chi connectivity index (χ2v) is 6.61. The summed E-state index contributed by atoms with van der Waals surface area (Å²) in [4.78, 5) is 16.7. The van der Waals surface area contributed by atoms with Gasteiger partial charge in [-0.15, -0.1) is 0 Å². The highest BCUT2D eigenvalue weighted by atomic mass is 16.5. The lowest BCUT2D eigenvalue weighted by Crippen LogP contribution is -2.50. The van der Waals surface area contributed by atoms with Gasteiger partial charge in [0.05, 0.1) is 12.8 Å². The molecule has 1 aliphatic rings. The number of H-pyrrole nitrogens is 1. The standard InChI is InChI=1S/C21H23N5O2/c1-28-19-10-6-5-9-17(19)18-15-20(24-23-18)22-21(27)26-13-11-25(12-14-26)16-7-3-2-4-8-16/h2-10,15H,11-14H2,1H3,(H2,22,23,24,27). The number of ether oxygens (including phenoxy) is 1. The first-order valence-corrected chi connectivity index (χ1v) is 9.29. The number of benzene rings is 2. The van der Waals surface area contributed by atoms with Crippen LogP contribution < -0.4 is 15.0 Å². The highest BCUT2D eigenvalue weighted by Crippen LogP contribution is 2.29. The predicted molar refractivity (Wildman–Crippen MR) is 110 cm³/mol. The molecule has 2 N–H and O–H groups in total. The molecule has 1 saturated heterocycles. The maximum Gasteiger partial charge on any atom is 0.323 e. The molecule has 1 aromatic heterocycles. The van der Waals surface area contributed by atoms with E-state index < -0.39 is 0 Å². The largest absolute Gasteiger partial charge is 0.496 e. The van der Waals surface area contributed by atoms with Gasteiger partial charge in [-0.1, -0.05) is 30.3 Å². The molecule has 2 heterocycles. The molecule has 0 unspecified atom stereocenters. The summed E-state index contributed by atoms with van der Waals surface area (Å²) in [7, 11) is 1.63. The maximum absolute atomic E-state index is 12.6. The Labute approximate surface area is 163 Å². The maximum atomic E-state index is 12.6. The Hall–Kier alpha value is -3.48. The minimum atomic E-state index is -0.134. The van der Waals surface area contributed by atoms with Crippen molar-refractivity contribution in [3.8, 4) is 17.0 Å². The van der Waals surface area contributed by atoms with Crippen molar-refractivity contribution in [2.24, 2.45) is 0 Å². The van der Waals surface area contributed by atoms with E-state index in [0.717, 1.165) is 30.1 Å². The highest BCUT2D eigenvalue weighted by molar-refractivity contribution is 5.89. The van der Waals surface area contributed by atoms with Crippen LogP contribution in [0.3, 0.4) is 0 Å². The van der Waals surface area contributed by atoms with E-state index in [1.165, 1.54) is 5.69 Å². The summed E-state index contributed by atoms with van der Waals surface area (Å²) in [6.07, 6.45) is 0. The van der Waals surface area contributed by atoms with Gasteiger partial charge in [0.1, 0.15) is 5.75 Å². The number of piperazine rings is 1. The van der Waals surface area contributed by atoms with Crippen molar-refractivity contribution in [2.75, 3.05) is 43.5 Å². The monoisotopic (exact) mass is 377 g/mol. The molecule has 28 heavy (non-hydrogen) atoms. The Morgan fingerprint density at radius 3 is 2.50 bits per heavy atom. The molecule has 4 rings (SSSR count). The Kier molecular flexibility index (Phi) is 5.14. The van der Waals surface area contributed by atoms with E-state index in [1.807, 2.05) is 53.4 Å². The first-order valence-electron chi connectivity index (χ1n) is 9.29. The topological polar surface area (TPSA) is 73.5 Å². The quantitative estimate of drug-likeness (QED) is 0.730. The van der Waals surface area contributed by atoms with Crippen molar-refractivity contribution in [1.82, 2.24) is 15.1 Å². The van der Waals surface area contributed by atoms with Crippen LogP contribution in [-0.4, -0.2) is 54.4 Å². The van der Waals surface area contributed by atoms with E-state index in [4.69, 9.17) is 4.74 Å². The lowest BCUT2D eigenvalue weighted by Gasteiger charge is -2.35. The van der Waals surface area contributed by atoms with Crippen LogP contribution in [0.15, 0.2) is 60.7 Å². The predicted octanol–water partition coefficient (Wildman–Crippen LogP) is 3.44. The lowest BCUT2D eigenvalue weighted by molar-refractivity contribution is 0.208. The number of hydrogen-bond donors (Lipinski definition) is 2. The number of nitrogens with one attached hydrogen (secondary N) is 2. The smallest absolute Gasteiger partial charge is 0.323 e. The summed E-state index contributed by atoms with van der Waals surface area (Å²) in [5.41, 5.74) is 2.88. The van der Waals surface area contributed by atoms with Crippen LogP contribution in [0.4, 0.5) is 16.3 Å². The molecule has 0 aliphatic carbocycles. The lowest BCUT2D eigenvalue weighted by atomic mass is 10.1. The van der Waals surface area contributed by atoms with Crippen molar-refractivity contribution in [2.45, 2.75) is 0 Å². The molecule has 2 amide bonds. The van der Waals surface area contributed by atoms with Crippen LogP contribution >= 0.6 is 0 Å². The Balaban J connectivity index is 1.37. The molecule has 1 aliphatic heterocycles. The van der Waals surface area contributed by atoms with Gasteiger partial charge in [0.2, 0.25) is 0 Å². The van der Waals surface area contributed by atoms with Crippen molar-refractivity contribution >= 4 is 17.5 Å². The number of aromatic amines is 1. The van der Waals surface area contributed by atoms with E-state index in [0.29, 0.717) is 18.9 Å². The van der Waals surface area contributed by atoms with Gasteiger partial charge in [-0.3, -0.25) is 10.4 Å². The van der Waals surface area contributed by atoms with Gasteiger partial charge in [0.15, 0.2) is 5.82 Å². The van der Waals surface area contributed by atoms with E-state index in [2.05, 4.69) is 32.5 Å². The van der Waals surface area contributed by atoms with Gasteiger partial charge in [-0.05, 0) is 24.3 Å². The second-order valence-electron chi connectivity index (χ2n) is 6.61. The van der Waals surface area contributed by atoms with E-state index in [-0.39, 0.29) is 6.03 Å². The number of para-hydroxylation sites is 2. The van der Waals surface area contributed by atoms with Crippen LogP contribution in [0.25, 0.3) is 11.3 Å². The van der Waals surface area contributed by atoms with Gasteiger partial charge >= 0.3 is 6.03 Å². The SMILES string of the molecule is COc1ccccc1-c1cc(NC(=O)N2CCN(c3ccccc3)CC2)n[nH]1. The van der Waals surface area contributed by atoms with Crippen LogP contribution in [-0.2, 0) is 0 Å². The van der Waals surface area contributed by atoms with E-state index in [9.17, 15) is 4.79 Å². The summed E-state index contributed by atoms with van der Waals surface area (Å²) in [5.74, 6) is 1.25. The number of amides is 2. The molecule has 7 heteroatoms. The first kappa shape index (κ1) is 17.9. The number of aromatic nitrogens is 2. The average molecular weight is 377 g/mol. The van der Waals surface area contributed by atoms with Crippen molar-refractivity contribution < 1.29 is 9.53 Å². The third-order valence-electron chi connectivity index (χ3n) is 4.90. The number of carbonyl (C=O) groups excluding carboxylic acids is 1. The number of hydrogen-bond acceptors (Lipinski definition) is 4. The van der Waals surface area contributed by atoms with Gasteiger partial charge in [-0.2, -0.15) is 5.10 Å². The third-order valence-corrected chi connectivity index (χ3v) is 4.90. The fraction of sp³-hybridized carbons (Fsp3) is 0.238. The molecule has 144 valence electrons. The minimum Gasteiger partial charge on any atom is -0.496 e. The van der Waals surface area contributed by atoms with Crippen LogP contribution in [0.1, 0.15) is 0 Å². The second kappa shape index (κ2) is 8.04. The molecule has 0 atom stereocenters. The molecular weight excluding hydrogens is 354 g/mol. The molecule has 1 fully saturated rings. The van der Waals surface area contributed by atoms with Crippen molar-refractivity contribution in [3.63, 3.8) is 0 Å². The molecule has 3 aromatic rings. The summed E-state index contributed by atoms with van der Waals surface area (Å²) in [6.45, 7) is 2.96. The Morgan fingerprint density at radius 1 is 1.04 bits per heavy atom. The number of urea groups is 1. The van der Waals surface area contributed by atoms with Crippen LogP contribution in [0.5, 0.6) is 5.75 Å². The van der Waals surface area contributed by atoms with Gasteiger partial charge in [0.25, 0.3) is 0 Å². The van der Waals surface area contributed by atoms with Gasteiger partial charge < -0.3 is 14.5 Å². The minimum absolute atomic E-state index is 0.134. The molecule has 2 aromatic carbocycles. The zero-order chi connectivity index (χ0) is 19.3. The van der Waals surface area contributed by atoms with Crippen LogP contribution in [0.2, 0.25) is 0 Å².